The summed E-state index contributed by atoms with van der Waals surface area (Å²) in [5.74, 6) is 0. The fourth-order valence-electron chi connectivity index (χ4n) is 2.20. The predicted octanol–water partition coefficient (Wildman–Crippen LogP) is 1.31. The number of aryl methyl sites for hydroxylation is 1. The quantitative estimate of drug-likeness (QED) is 0.914. The molecule has 0 amide bonds. The van der Waals surface area contributed by atoms with Crippen molar-refractivity contribution in [2.24, 2.45) is 5.73 Å². The number of thiophene rings is 1. The van der Waals surface area contributed by atoms with Gasteiger partial charge in [-0.25, -0.2) is 8.42 Å². The first-order valence-electron chi connectivity index (χ1n) is 6.20. The fourth-order valence-corrected chi connectivity index (χ4v) is 5.26. The standard InChI is InChI=1S/C12H20N2O3S2/c1-9-11(6-10(7-13)18-9)19(15,16)14-4-5-17-12(2,3)8-14/h6H,4-5,7-8,13H2,1-3H3. The molecule has 0 bridgehead atoms. The Kier molecular flexibility index (Phi) is 4.04. The summed E-state index contributed by atoms with van der Waals surface area (Å²) < 4.78 is 32.4. The van der Waals surface area contributed by atoms with Crippen LogP contribution in [0.15, 0.2) is 11.0 Å². The van der Waals surface area contributed by atoms with Gasteiger partial charge in [-0.1, -0.05) is 0 Å². The molecule has 0 atom stereocenters. The Morgan fingerprint density at radius 3 is 2.74 bits per heavy atom. The van der Waals surface area contributed by atoms with Gasteiger partial charge >= 0.3 is 0 Å². The van der Waals surface area contributed by atoms with E-state index in [0.717, 1.165) is 9.75 Å². The number of nitrogens with two attached hydrogens (primary N) is 1. The first-order valence-corrected chi connectivity index (χ1v) is 8.45. The fraction of sp³-hybridized carbons (Fsp3) is 0.667. The zero-order chi connectivity index (χ0) is 14.3. The van der Waals surface area contributed by atoms with E-state index in [1.807, 2.05) is 20.8 Å². The van der Waals surface area contributed by atoms with E-state index in [2.05, 4.69) is 0 Å². The van der Waals surface area contributed by atoms with Gasteiger partial charge in [0.25, 0.3) is 0 Å². The second kappa shape index (κ2) is 5.14. The molecule has 1 saturated heterocycles. The van der Waals surface area contributed by atoms with Crippen molar-refractivity contribution in [3.05, 3.63) is 15.8 Å². The number of ether oxygens (including phenoxy) is 1. The lowest BCUT2D eigenvalue weighted by Crippen LogP contribution is -2.50. The normalized spacial score (nSPS) is 20.6. The third-order valence-corrected chi connectivity index (χ3v) is 6.31. The largest absolute Gasteiger partial charge is 0.373 e. The lowest BCUT2D eigenvalue weighted by atomic mass is 10.1. The van der Waals surface area contributed by atoms with E-state index in [-0.39, 0.29) is 0 Å². The van der Waals surface area contributed by atoms with E-state index in [4.69, 9.17) is 10.5 Å². The van der Waals surface area contributed by atoms with Crippen molar-refractivity contribution in [1.82, 2.24) is 4.31 Å². The zero-order valence-electron chi connectivity index (χ0n) is 11.5. The summed E-state index contributed by atoms with van der Waals surface area (Å²) >= 11 is 1.44. The maximum absolute atomic E-state index is 12.7. The van der Waals surface area contributed by atoms with Crippen LogP contribution in [0.1, 0.15) is 23.6 Å². The Bertz CT molecular complexity index is 564. The van der Waals surface area contributed by atoms with Crippen LogP contribution >= 0.6 is 11.3 Å². The summed E-state index contributed by atoms with van der Waals surface area (Å²) in [5, 5.41) is 0. The minimum atomic E-state index is -3.44. The number of hydrogen-bond donors (Lipinski definition) is 1. The molecule has 1 aliphatic rings. The SMILES string of the molecule is Cc1sc(CN)cc1S(=O)(=O)N1CCOC(C)(C)C1. The van der Waals surface area contributed by atoms with Gasteiger partial charge in [0.05, 0.1) is 17.1 Å². The molecular weight excluding hydrogens is 284 g/mol. The average molecular weight is 304 g/mol. The Morgan fingerprint density at radius 2 is 2.21 bits per heavy atom. The summed E-state index contributed by atoms with van der Waals surface area (Å²) in [6.07, 6.45) is 0. The first kappa shape index (κ1) is 14.9. The molecule has 5 nitrogen and oxygen atoms in total. The first-order chi connectivity index (χ1) is 8.76. The lowest BCUT2D eigenvalue weighted by molar-refractivity contribution is -0.0640. The Morgan fingerprint density at radius 1 is 1.53 bits per heavy atom. The van der Waals surface area contributed by atoms with Crippen molar-refractivity contribution in [2.45, 2.75) is 37.8 Å². The van der Waals surface area contributed by atoms with Crippen LogP contribution in [0.4, 0.5) is 0 Å². The highest BCUT2D eigenvalue weighted by molar-refractivity contribution is 7.89. The summed E-state index contributed by atoms with van der Waals surface area (Å²) in [7, 11) is -3.44. The monoisotopic (exact) mass is 304 g/mol. The van der Waals surface area contributed by atoms with E-state index >= 15 is 0 Å². The molecule has 2 rings (SSSR count). The highest BCUT2D eigenvalue weighted by atomic mass is 32.2. The number of morpholine rings is 1. The van der Waals surface area contributed by atoms with Crippen molar-refractivity contribution < 1.29 is 13.2 Å². The van der Waals surface area contributed by atoms with Crippen molar-refractivity contribution >= 4 is 21.4 Å². The second-order valence-electron chi connectivity index (χ2n) is 5.28. The van der Waals surface area contributed by atoms with E-state index in [9.17, 15) is 8.42 Å². The molecule has 0 spiro atoms. The van der Waals surface area contributed by atoms with E-state index in [1.54, 1.807) is 6.07 Å². The van der Waals surface area contributed by atoms with E-state index in [1.165, 1.54) is 15.6 Å². The number of sulfonamides is 1. The minimum absolute atomic E-state index is 0.371. The van der Waals surface area contributed by atoms with Crippen molar-refractivity contribution in [2.75, 3.05) is 19.7 Å². The highest BCUT2D eigenvalue weighted by Gasteiger charge is 2.36. The Labute approximate surface area is 118 Å². The Balaban J connectivity index is 2.34. The maximum Gasteiger partial charge on any atom is 0.244 e. The van der Waals surface area contributed by atoms with Crippen LogP contribution in [-0.2, 0) is 21.3 Å². The van der Waals surface area contributed by atoms with Gasteiger partial charge in [-0.05, 0) is 26.8 Å². The predicted molar refractivity (Wildman–Crippen MR) is 75.7 cm³/mol. The molecule has 2 heterocycles. The van der Waals surface area contributed by atoms with Crippen LogP contribution in [0.3, 0.4) is 0 Å². The molecule has 2 N–H and O–H groups in total. The maximum atomic E-state index is 12.7. The lowest BCUT2D eigenvalue weighted by Gasteiger charge is -2.37. The van der Waals surface area contributed by atoms with Crippen LogP contribution in [0.2, 0.25) is 0 Å². The van der Waals surface area contributed by atoms with Crippen LogP contribution in [0, 0.1) is 6.92 Å². The number of hydrogen-bond acceptors (Lipinski definition) is 5. The van der Waals surface area contributed by atoms with Crippen LogP contribution in [-0.4, -0.2) is 38.0 Å². The van der Waals surface area contributed by atoms with Crippen molar-refractivity contribution in [1.29, 1.82) is 0 Å². The molecule has 1 aromatic heterocycles. The average Bonchev–Trinajstić information content (AvgIpc) is 2.70. The third kappa shape index (κ3) is 3.00. The molecule has 7 heteroatoms. The van der Waals surface area contributed by atoms with Crippen LogP contribution in [0.25, 0.3) is 0 Å². The topological polar surface area (TPSA) is 72.6 Å². The van der Waals surface area contributed by atoms with Crippen molar-refractivity contribution in [3.8, 4) is 0 Å². The third-order valence-electron chi connectivity index (χ3n) is 3.13. The van der Waals surface area contributed by atoms with Gasteiger partial charge in [0.15, 0.2) is 0 Å². The van der Waals surface area contributed by atoms with Gasteiger partial charge < -0.3 is 10.5 Å². The number of rotatable bonds is 3. The second-order valence-corrected chi connectivity index (χ2v) is 8.53. The smallest absolute Gasteiger partial charge is 0.244 e. The van der Waals surface area contributed by atoms with Crippen LogP contribution < -0.4 is 5.73 Å². The number of nitrogens with zero attached hydrogens (tertiary/aromatic N) is 1. The van der Waals surface area contributed by atoms with Gasteiger partial charge in [0.2, 0.25) is 10.0 Å². The Hall–Kier alpha value is -0.470. The molecule has 19 heavy (non-hydrogen) atoms. The van der Waals surface area contributed by atoms with Gasteiger partial charge in [0.1, 0.15) is 0 Å². The molecule has 0 aliphatic carbocycles. The van der Waals surface area contributed by atoms with Crippen molar-refractivity contribution in [3.63, 3.8) is 0 Å². The molecule has 0 radical (unpaired) electrons. The molecule has 1 aromatic rings. The summed E-state index contributed by atoms with van der Waals surface area (Å²) in [6.45, 7) is 7.21. The molecule has 1 fully saturated rings. The van der Waals surface area contributed by atoms with Crippen LogP contribution in [0.5, 0.6) is 0 Å². The highest BCUT2D eigenvalue weighted by Crippen LogP contribution is 2.30. The van der Waals surface area contributed by atoms with Gasteiger partial charge in [0, 0.05) is 29.4 Å². The minimum Gasteiger partial charge on any atom is -0.373 e. The van der Waals surface area contributed by atoms with Gasteiger partial charge in [-0.15, -0.1) is 11.3 Å². The molecule has 0 saturated carbocycles. The van der Waals surface area contributed by atoms with E-state index < -0.39 is 15.6 Å². The van der Waals surface area contributed by atoms with E-state index in [0.29, 0.717) is 31.1 Å². The summed E-state index contributed by atoms with van der Waals surface area (Å²) in [6, 6.07) is 1.69. The summed E-state index contributed by atoms with van der Waals surface area (Å²) in [5.41, 5.74) is 5.14. The summed E-state index contributed by atoms with van der Waals surface area (Å²) in [4.78, 5) is 2.07. The molecule has 0 unspecified atom stereocenters. The molecule has 1 aliphatic heterocycles. The molecule has 0 aromatic carbocycles. The molecular formula is C12H20N2O3S2. The zero-order valence-corrected chi connectivity index (χ0v) is 13.1. The van der Waals surface area contributed by atoms with Gasteiger partial charge in [-0.2, -0.15) is 4.31 Å². The van der Waals surface area contributed by atoms with Gasteiger partial charge in [-0.3, -0.25) is 0 Å². The molecule has 108 valence electrons.